The van der Waals surface area contributed by atoms with Gasteiger partial charge in [0.25, 0.3) is 0 Å². The second-order valence-electron chi connectivity index (χ2n) is 2.68. The van der Waals surface area contributed by atoms with Gasteiger partial charge in [0.1, 0.15) is 0 Å². The summed E-state index contributed by atoms with van der Waals surface area (Å²) in [7, 11) is 0. The minimum Gasteiger partial charge on any atom is -0.394 e. The van der Waals surface area contributed by atoms with Crippen LogP contribution in [0.3, 0.4) is 0 Å². The van der Waals surface area contributed by atoms with Gasteiger partial charge in [0.05, 0.1) is 25.4 Å². The maximum absolute atomic E-state index is 8.70. The molecule has 10 heavy (non-hydrogen) atoms. The molecular weight excluding hydrogens is 132 g/mol. The molecule has 2 atom stereocenters. The SMILES string of the molecule is OC[C@H]1CCC[C@H](CO)O1. The zero-order chi connectivity index (χ0) is 7.40. The van der Waals surface area contributed by atoms with Crippen LogP contribution in [0, 0.1) is 0 Å². The molecule has 0 aromatic carbocycles. The Balaban J connectivity index is 2.25. The fraction of sp³-hybridized carbons (Fsp3) is 1.00. The van der Waals surface area contributed by atoms with Gasteiger partial charge in [0, 0.05) is 0 Å². The predicted molar refractivity (Wildman–Crippen MR) is 36.7 cm³/mol. The van der Waals surface area contributed by atoms with Crippen LogP contribution in [-0.2, 0) is 4.74 Å². The zero-order valence-electron chi connectivity index (χ0n) is 5.99. The van der Waals surface area contributed by atoms with Crippen LogP contribution in [0.4, 0.5) is 0 Å². The van der Waals surface area contributed by atoms with Crippen molar-refractivity contribution in [3.63, 3.8) is 0 Å². The Kier molecular flexibility index (Phi) is 3.12. The van der Waals surface area contributed by atoms with Gasteiger partial charge in [0.2, 0.25) is 0 Å². The Bertz CT molecular complexity index is 84.9. The smallest absolute Gasteiger partial charge is 0.0810 e. The number of aliphatic hydroxyl groups is 2. The third kappa shape index (κ3) is 1.94. The van der Waals surface area contributed by atoms with Crippen molar-refractivity contribution in [2.24, 2.45) is 0 Å². The molecule has 0 spiro atoms. The molecule has 0 amide bonds. The number of hydrogen-bond acceptors (Lipinski definition) is 3. The number of ether oxygens (including phenoxy) is 1. The van der Waals surface area contributed by atoms with Crippen molar-refractivity contribution in [1.29, 1.82) is 0 Å². The van der Waals surface area contributed by atoms with E-state index in [1.807, 2.05) is 0 Å². The van der Waals surface area contributed by atoms with E-state index < -0.39 is 0 Å². The van der Waals surface area contributed by atoms with Gasteiger partial charge < -0.3 is 14.9 Å². The van der Waals surface area contributed by atoms with Crippen LogP contribution in [0.15, 0.2) is 0 Å². The maximum Gasteiger partial charge on any atom is 0.0810 e. The average Bonchev–Trinajstić information content (AvgIpc) is 2.05. The molecule has 2 N–H and O–H groups in total. The summed E-state index contributed by atoms with van der Waals surface area (Å²) in [6, 6.07) is 0. The second-order valence-corrected chi connectivity index (χ2v) is 2.68. The molecule has 0 aliphatic carbocycles. The van der Waals surface area contributed by atoms with Crippen molar-refractivity contribution in [2.75, 3.05) is 13.2 Å². The van der Waals surface area contributed by atoms with Crippen LogP contribution >= 0.6 is 0 Å². The Morgan fingerprint density at radius 1 is 1.10 bits per heavy atom. The number of aliphatic hydroxyl groups excluding tert-OH is 2. The van der Waals surface area contributed by atoms with Crippen LogP contribution in [0.1, 0.15) is 19.3 Å². The predicted octanol–water partition coefficient (Wildman–Crippen LogP) is -0.0913. The monoisotopic (exact) mass is 146 g/mol. The average molecular weight is 146 g/mol. The largest absolute Gasteiger partial charge is 0.394 e. The third-order valence-corrected chi connectivity index (χ3v) is 1.84. The van der Waals surface area contributed by atoms with Crippen LogP contribution in [-0.4, -0.2) is 35.6 Å². The summed E-state index contributed by atoms with van der Waals surface area (Å²) in [5, 5.41) is 17.4. The van der Waals surface area contributed by atoms with Crippen molar-refractivity contribution >= 4 is 0 Å². The molecule has 0 aromatic rings. The lowest BCUT2D eigenvalue weighted by atomic mass is 10.1. The molecule has 1 heterocycles. The minimum atomic E-state index is -0.0362. The highest BCUT2D eigenvalue weighted by molar-refractivity contribution is 4.69. The molecule has 0 unspecified atom stereocenters. The van der Waals surface area contributed by atoms with E-state index in [-0.39, 0.29) is 25.4 Å². The van der Waals surface area contributed by atoms with Crippen molar-refractivity contribution in [2.45, 2.75) is 31.5 Å². The summed E-state index contributed by atoms with van der Waals surface area (Å²) in [5.41, 5.74) is 0. The fourth-order valence-electron chi connectivity index (χ4n) is 1.25. The van der Waals surface area contributed by atoms with Gasteiger partial charge in [-0.2, -0.15) is 0 Å². The normalized spacial score (nSPS) is 34.2. The van der Waals surface area contributed by atoms with Crippen molar-refractivity contribution in [3.05, 3.63) is 0 Å². The van der Waals surface area contributed by atoms with Gasteiger partial charge in [0.15, 0.2) is 0 Å². The Hall–Kier alpha value is -0.120. The van der Waals surface area contributed by atoms with Gasteiger partial charge in [-0.1, -0.05) is 0 Å². The van der Waals surface area contributed by atoms with Crippen LogP contribution in [0.25, 0.3) is 0 Å². The Labute approximate surface area is 60.6 Å². The molecule has 0 radical (unpaired) electrons. The molecule has 0 bridgehead atoms. The van der Waals surface area contributed by atoms with Crippen LogP contribution in [0.2, 0.25) is 0 Å². The lowest BCUT2D eigenvalue weighted by molar-refractivity contribution is -0.0896. The molecule has 1 fully saturated rings. The van der Waals surface area contributed by atoms with Crippen LogP contribution in [0.5, 0.6) is 0 Å². The summed E-state index contributed by atoms with van der Waals surface area (Å²) in [5.74, 6) is 0. The Morgan fingerprint density at radius 3 is 2.00 bits per heavy atom. The van der Waals surface area contributed by atoms with E-state index in [0.29, 0.717) is 0 Å². The van der Waals surface area contributed by atoms with Crippen molar-refractivity contribution < 1.29 is 14.9 Å². The molecule has 1 rings (SSSR count). The molecule has 1 aliphatic heterocycles. The molecule has 3 nitrogen and oxygen atoms in total. The highest BCUT2D eigenvalue weighted by Crippen LogP contribution is 2.17. The van der Waals surface area contributed by atoms with Gasteiger partial charge in [-0.3, -0.25) is 0 Å². The lowest BCUT2D eigenvalue weighted by Crippen LogP contribution is -2.32. The quantitative estimate of drug-likeness (QED) is 0.572. The van der Waals surface area contributed by atoms with Gasteiger partial charge >= 0.3 is 0 Å². The topological polar surface area (TPSA) is 49.7 Å². The standard InChI is InChI=1S/C7H14O3/c8-4-6-2-1-3-7(5-9)10-6/h6-9H,1-5H2/t6-,7-/m1/s1. The van der Waals surface area contributed by atoms with E-state index in [9.17, 15) is 0 Å². The molecule has 1 saturated heterocycles. The summed E-state index contributed by atoms with van der Waals surface area (Å²) in [6.07, 6.45) is 2.83. The van der Waals surface area contributed by atoms with Crippen LogP contribution < -0.4 is 0 Å². The summed E-state index contributed by atoms with van der Waals surface area (Å²) in [6.45, 7) is 0.160. The third-order valence-electron chi connectivity index (χ3n) is 1.84. The molecule has 60 valence electrons. The number of hydrogen-bond donors (Lipinski definition) is 2. The van der Waals surface area contributed by atoms with Gasteiger partial charge in [-0.05, 0) is 19.3 Å². The first-order chi connectivity index (χ1) is 4.86. The number of rotatable bonds is 2. The van der Waals surface area contributed by atoms with Gasteiger partial charge in [-0.15, -0.1) is 0 Å². The second kappa shape index (κ2) is 3.91. The summed E-state index contributed by atoms with van der Waals surface area (Å²) in [4.78, 5) is 0. The molecule has 0 saturated carbocycles. The minimum absolute atomic E-state index is 0.0362. The molecule has 0 aromatic heterocycles. The van der Waals surface area contributed by atoms with Crippen molar-refractivity contribution in [1.82, 2.24) is 0 Å². The summed E-state index contributed by atoms with van der Waals surface area (Å²) < 4.78 is 5.28. The first kappa shape index (κ1) is 7.98. The summed E-state index contributed by atoms with van der Waals surface area (Å²) >= 11 is 0. The Morgan fingerprint density at radius 2 is 1.60 bits per heavy atom. The van der Waals surface area contributed by atoms with Crippen molar-refractivity contribution in [3.8, 4) is 0 Å². The lowest BCUT2D eigenvalue weighted by Gasteiger charge is -2.27. The first-order valence-corrected chi connectivity index (χ1v) is 3.74. The molecule has 3 heteroatoms. The fourth-order valence-corrected chi connectivity index (χ4v) is 1.25. The molecular formula is C7H14O3. The zero-order valence-corrected chi connectivity index (χ0v) is 5.99. The van der Waals surface area contributed by atoms with Gasteiger partial charge in [-0.25, -0.2) is 0 Å². The van der Waals surface area contributed by atoms with E-state index in [1.54, 1.807) is 0 Å². The maximum atomic E-state index is 8.70. The first-order valence-electron chi connectivity index (χ1n) is 3.74. The van der Waals surface area contributed by atoms with E-state index in [2.05, 4.69) is 0 Å². The van der Waals surface area contributed by atoms with E-state index >= 15 is 0 Å². The highest BCUT2D eigenvalue weighted by Gasteiger charge is 2.20. The van der Waals surface area contributed by atoms with E-state index in [4.69, 9.17) is 14.9 Å². The van der Waals surface area contributed by atoms with E-state index in [1.165, 1.54) is 0 Å². The molecule has 1 aliphatic rings. The highest BCUT2D eigenvalue weighted by atomic mass is 16.5. The van der Waals surface area contributed by atoms with E-state index in [0.717, 1.165) is 19.3 Å².